The number of hydrogen-bond acceptors (Lipinski definition) is 2. The van der Waals surface area contributed by atoms with Crippen molar-refractivity contribution in [2.24, 2.45) is 0 Å². The van der Waals surface area contributed by atoms with Crippen LogP contribution in [-0.2, 0) is 0 Å². The lowest BCUT2D eigenvalue weighted by Gasteiger charge is -2.11. The van der Waals surface area contributed by atoms with E-state index >= 15 is 0 Å². The Bertz CT molecular complexity index is 7420. The molecule has 24 rings (SSSR count). The molecule has 1 N–H and O–H groups in total. The minimum Gasteiger partial charge on any atom is -0.354 e. The van der Waals surface area contributed by atoms with E-state index in [4.69, 9.17) is 16.6 Å². The Balaban J connectivity index is 0.000000112. The van der Waals surface area contributed by atoms with Crippen molar-refractivity contribution in [3.8, 4) is 84.0 Å². The van der Waals surface area contributed by atoms with Gasteiger partial charge in [0.25, 0.3) is 0 Å². The lowest BCUT2D eigenvalue weighted by molar-refractivity contribution is 1.10. The number of nitrogens with zero attached hydrogens (tertiary/aromatic N) is 5. The van der Waals surface area contributed by atoms with Crippen LogP contribution < -0.4 is 0 Å². The molecule has 0 bridgehead atoms. The second-order valence-corrected chi connectivity index (χ2v) is 28.2. The van der Waals surface area contributed by atoms with Gasteiger partial charge < -0.3 is 14.1 Å². The van der Waals surface area contributed by atoms with Crippen molar-refractivity contribution in [1.29, 1.82) is 0 Å². The molecule has 488 valence electrons. The number of rotatable bonds is 5. The summed E-state index contributed by atoms with van der Waals surface area (Å²) in [6.07, 6.45) is 0. The van der Waals surface area contributed by atoms with Gasteiger partial charge in [-0.25, -0.2) is 9.97 Å². The number of H-pyrrole nitrogens is 1. The number of para-hydroxylation sites is 4. The summed E-state index contributed by atoms with van der Waals surface area (Å²) in [4.78, 5) is 13.4. The highest BCUT2D eigenvalue weighted by Crippen LogP contribution is 2.50. The normalized spacial score (nSPS) is 12.0. The first-order valence-corrected chi connectivity index (χ1v) is 36.2. The fraction of sp³-hybridized carbons (Fsp3) is 0. The molecule has 7 heteroatoms. The number of pyridine rings is 2. The van der Waals surface area contributed by atoms with Gasteiger partial charge >= 0.3 is 0 Å². The van der Waals surface area contributed by atoms with Crippen LogP contribution in [0, 0.1) is 0 Å². The van der Waals surface area contributed by atoms with Crippen LogP contribution in [0.5, 0.6) is 0 Å². The third kappa shape index (κ3) is 9.23. The van der Waals surface area contributed by atoms with Crippen LogP contribution in [0.1, 0.15) is 0 Å². The van der Waals surface area contributed by atoms with Crippen LogP contribution in [-0.4, -0.2) is 28.7 Å². The number of aromatic nitrogens is 6. The monoisotopic (exact) mass is 1350 g/mol. The number of aromatic amines is 1. The van der Waals surface area contributed by atoms with E-state index in [-0.39, 0.29) is 0 Å². The Labute approximate surface area is 607 Å². The van der Waals surface area contributed by atoms with E-state index < -0.39 is 0 Å². The minimum absolute atomic E-state index is 0.557. The highest BCUT2D eigenvalue weighted by molar-refractivity contribution is 6.31. The molecular weight excluding hydrogens is 1300 g/mol. The SMILES string of the molecule is Clc1cc2c3c(cccc3n1)-c1ccccc1-2.c1ccc(-n2c3ccccc3c3cc(-c4ccc5[nH]c6cc7ccccc7cc6c5c4)ccc32)cc1.c1ccc(-n2c3ccccc3c3cc(-c4ccc5c(c4)c4cc6ccccc6cc4n5-c4cc5c6c(cccc6n4)-c4ccccc4-5)ccc32)cc1. The van der Waals surface area contributed by atoms with Crippen LogP contribution in [0.15, 0.2) is 352 Å². The van der Waals surface area contributed by atoms with E-state index in [1.54, 1.807) is 0 Å². The van der Waals surface area contributed by atoms with E-state index in [0.29, 0.717) is 5.15 Å². The third-order valence-electron chi connectivity index (χ3n) is 22.0. The fourth-order valence-electron chi connectivity index (χ4n) is 17.3. The topological polar surface area (TPSA) is 56.4 Å². The highest BCUT2D eigenvalue weighted by Gasteiger charge is 2.26. The summed E-state index contributed by atoms with van der Waals surface area (Å²) < 4.78 is 7.11. The van der Waals surface area contributed by atoms with Gasteiger partial charge in [0.2, 0.25) is 0 Å². The number of benzene rings is 16. The predicted molar refractivity (Wildman–Crippen MR) is 442 cm³/mol. The molecular formula is C98H59ClN6. The van der Waals surface area contributed by atoms with Gasteiger partial charge in [-0.3, -0.25) is 4.57 Å². The Hall–Kier alpha value is -13.7. The van der Waals surface area contributed by atoms with Gasteiger partial charge in [-0.1, -0.05) is 230 Å². The van der Waals surface area contributed by atoms with Crippen molar-refractivity contribution in [3.05, 3.63) is 357 Å². The quantitative estimate of drug-likeness (QED) is 0.175. The summed E-state index contributed by atoms with van der Waals surface area (Å²) in [7, 11) is 0. The molecule has 0 aliphatic heterocycles. The van der Waals surface area contributed by atoms with E-state index in [9.17, 15) is 0 Å². The second-order valence-electron chi connectivity index (χ2n) is 27.8. The molecule has 0 atom stereocenters. The summed E-state index contributed by atoms with van der Waals surface area (Å²) in [6, 6.07) is 127. The number of hydrogen-bond donors (Lipinski definition) is 1. The average Bonchev–Trinajstić information content (AvgIpc) is 1.57. The maximum Gasteiger partial charge on any atom is 0.138 e. The first kappa shape index (κ1) is 59.1. The lowest BCUT2D eigenvalue weighted by atomic mass is 10.00. The largest absolute Gasteiger partial charge is 0.354 e. The zero-order chi connectivity index (χ0) is 69.0. The summed E-state index contributed by atoms with van der Waals surface area (Å²) in [5.74, 6) is 0.939. The van der Waals surface area contributed by atoms with Gasteiger partial charge in [-0.15, -0.1) is 0 Å². The first-order valence-electron chi connectivity index (χ1n) is 35.8. The van der Waals surface area contributed by atoms with Gasteiger partial charge in [0.05, 0.1) is 44.1 Å². The van der Waals surface area contributed by atoms with Crippen LogP contribution in [0.25, 0.3) is 215 Å². The number of halogens is 1. The molecule has 0 fully saturated rings. The molecule has 22 aromatic rings. The lowest BCUT2D eigenvalue weighted by Crippen LogP contribution is -1.98. The summed E-state index contributed by atoms with van der Waals surface area (Å²) >= 11 is 6.08. The Morgan fingerprint density at radius 2 is 0.610 bits per heavy atom. The Morgan fingerprint density at radius 3 is 1.16 bits per heavy atom. The van der Waals surface area contributed by atoms with E-state index in [2.05, 4.69) is 357 Å². The average molecular weight is 1360 g/mol. The van der Waals surface area contributed by atoms with Gasteiger partial charge in [-0.05, 0) is 222 Å². The molecule has 0 saturated heterocycles. The molecule has 0 spiro atoms. The molecule has 0 amide bonds. The molecule has 2 aliphatic rings. The standard InChI is InChI=1S/C49H29N3.C34H22N2.C15H8ClN/c1-2-13-34(14-3-1)51-44-20-9-8-17-37(44)39-26-32(21-23-45(39)51)33-22-24-46-40(27-33)41-25-30-11-4-5-12-31(30)28-47(41)52(46)48-29-42-36-16-7-6-15-35(36)38-18-10-19-43(50-48)49(38)42;1-2-10-26(11-3-1)36-33-13-7-6-12-27(33)30-20-25(15-17-34(30)36)24-14-16-31-28(19-24)29-18-22-8-4-5-9-23(22)21-32(29)35-31;16-14-8-12-10-5-2-1-4-9(10)11-6-3-7-13(17-14)15(11)12/h1-29H;1-21,35H;1-8H. The zero-order valence-corrected chi connectivity index (χ0v) is 57.4. The van der Waals surface area contributed by atoms with Crippen molar-refractivity contribution < 1.29 is 0 Å². The molecule has 16 aromatic carbocycles. The van der Waals surface area contributed by atoms with E-state index in [1.807, 2.05) is 18.2 Å². The summed E-state index contributed by atoms with van der Waals surface area (Å²) in [5, 5.41) is 18.0. The molecule has 0 saturated carbocycles. The van der Waals surface area contributed by atoms with Crippen LogP contribution in [0.3, 0.4) is 0 Å². The fourth-order valence-corrected chi connectivity index (χ4v) is 17.5. The molecule has 0 unspecified atom stereocenters. The Kier molecular flexibility index (Phi) is 13.0. The smallest absolute Gasteiger partial charge is 0.138 e. The first-order chi connectivity index (χ1) is 52.0. The Morgan fingerprint density at radius 1 is 0.229 bits per heavy atom. The number of fused-ring (bicyclic) bond motifs is 20. The van der Waals surface area contributed by atoms with Crippen molar-refractivity contribution in [1.82, 2.24) is 28.7 Å². The van der Waals surface area contributed by atoms with Gasteiger partial charge in [0.15, 0.2) is 0 Å². The maximum absolute atomic E-state index is 6.08. The van der Waals surface area contributed by atoms with Crippen molar-refractivity contribution >= 4 is 142 Å². The molecule has 105 heavy (non-hydrogen) atoms. The van der Waals surface area contributed by atoms with Crippen LogP contribution in [0.4, 0.5) is 0 Å². The maximum atomic E-state index is 6.08. The van der Waals surface area contributed by atoms with Gasteiger partial charge in [0.1, 0.15) is 11.0 Å². The zero-order valence-electron chi connectivity index (χ0n) is 56.6. The molecule has 0 radical (unpaired) electrons. The summed E-state index contributed by atoms with van der Waals surface area (Å²) in [6.45, 7) is 0. The van der Waals surface area contributed by atoms with Gasteiger partial charge in [-0.2, -0.15) is 0 Å². The highest BCUT2D eigenvalue weighted by atomic mass is 35.5. The van der Waals surface area contributed by atoms with Crippen LogP contribution >= 0.6 is 11.6 Å². The third-order valence-corrected chi connectivity index (χ3v) is 22.2. The molecule has 6 heterocycles. The van der Waals surface area contributed by atoms with Crippen molar-refractivity contribution in [2.45, 2.75) is 0 Å². The predicted octanol–water partition coefficient (Wildman–Crippen LogP) is 26.7. The summed E-state index contributed by atoms with van der Waals surface area (Å²) in [5.41, 5.74) is 28.8. The van der Waals surface area contributed by atoms with Crippen LogP contribution in [0.2, 0.25) is 5.15 Å². The van der Waals surface area contributed by atoms with Gasteiger partial charge in [0, 0.05) is 76.3 Å². The van der Waals surface area contributed by atoms with E-state index in [1.165, 1.54) is 187 Å². The van der Waals surface area contributed by atoms with E-state index in [0.717, 1.165) is 27.9 Å². The molecule has 2 aliphatic carbocycles. The number of nitrogens with one attached hydrogen (secondary N) is 1. The second kappa shape index (κ2) is 23.2. The van der Waals surface area contributed by atoms with Crippen molar-refractivity contribution in [2.75, 3.05) is 0 Å². The van der Waals surface area contributed by atoms with Crippen molar-refractivity contribution in [3.63, 3.8) is 0 Å². The molecule has 6 aromatic heterocycles. The minimum atomic E-state index is 0.557. The molecule has 6 nitrogen and oxygen atoms in total.